The molecule has 0 radical (unpaired) electrons. The van der Waals surface area contributed by atoms with Crippen LogP contribution in [0, 0.1) is 10.1 Å². The highest BCUT2D eigenvalue weighted by atomic mass is 79.9. The fourth-order valence-electron chi connectivity index (χ4n) is 1.58. The highest BCUT2D eigenvalue weighted by Gasteiger charge is 2.21. The van der Waals surface area contributed by atoms with Crippen molar-refractivity contribution >= 4 is 33.4 Å². The van der Waals surface area contributed by atoms with Crippen molar-refractivity contribution < 1.29 is 9.66 Å². The molecule has 0 aliphatic rings. The molecule has 2 aromatic carbocycles. The number of hydrogen-bond acceptors (Lipinski definition) is 4. The van der Waals surface area contributed by atoms with Crippen LogP contribution < -0.4 is 4.74 Å². The highest BCUT2D eigenvalue weighted by molar-refractivity contribution is 9.10. The third kappa shape index (κ3) is 3.08. The summed E-state index contributed by atoms with van der Waals surface area (Å²) in [4.78, 5) is 12.2. The van der Waals surface area contributed by atoms with Gasteiger partial charge in [-0.2, -0.15) is 0 Å². The number of ether oxygens (including phenoxy) is 1. The molecule has 19 heavy (non-hydrogen) atoms. The molecular weight excluding hydrogens is 330 g/mol. The van der Waals surface area contributed by atoms with E-state index in [0.29, 0.717) is 4.90 Å². The number of methoxy groups -OCH3 is 1. The van der Waals surface area contributed by atoms with Crippen LogP contribution in [0.3, 0.4) is 0 Å². The Morgan fingerprint density at radius 2 is 1.84 bits per heavy atom. The summed E-state index contributed by atoms with van der Waals surface area (Å²) in [6, 6.07) is 12.6. The van der Waals surface area contributed by atoms with Gasteiger partial charge in [-0.25, -0.2) is 0 Å². The normalized spacial score (nSPS) is 10.2. The van der Waals surface area contributed by atoms with Gasteiger partial charge in [0.15, 0.2) is 5.75 Å². The molecule has 0 unspecified atom stereocenters. The van der Waals surface area contributed by atoms with Crippen molar-refractivity contribution in [3.63, 3.8) is 0 Å². The molecule has 4 nitrogen and oxygen atoms in total. The summed E-state index contributed by atoms with van der Waals surface area (Å²) in [7, 11) is 1.43. The largest absolute Gasteiger partial charge is 0.490 e. The van der Waals surface area contributed by atoms with Crippen LogP contribution in [0.2, 0.25) is 0 Å². The Kier molecular flexibility index (Phi) is 4.44. The van der Waals surface area contributed by atoms with E-state index in [2.05, 4.69) is 15.9 Å². The van der Waals surface area contributed by atoms with Crippen molar-refractivity contribution in [3.8, 4) is 5.75 Å². The van der Waals surface area contributed by atoms with Crippen molar-refractivity contribution in [3.05, 3.63) is 57.1 Å². The molecule has 0 spiro atoms. The van der Waals surface area contributed by atoms with Crippen molar-refractivity contribution in [2.45, 2.75) is 9.79 Å². The van der Waals surface area contributed by atoms with E-state index in [1.807, 2.05) is 24.3 Å². The van der Waals surface area contributed by atoms with E-state index in [9.17, 15) is 10.1 Å². The molecule has 2 rings (SSSR count). The van der Waals surface area contributed by atoms with Crippen molar-refractivity contribution in [2.75, 3.05) is 7.11 Å². The molecule has 0 aliphatic heterocycles. The van der Waals surface area contributed by atoms with Crippen LogP contribution in [-0.4, -0.2) is 12.0 Å². The van der Waals surface area contributed by atoms with Gasteiger partial charge in [-0.05, 0) is 40.2 Å². The maximum absolute atomic E-state index is 11.2. The first-order chi connectivity index (χ1) is 9.13. The van der Waals surface area contributed by atoms with Crippen LogP contribution in [0.25, 0.3) is 0 Å². The second-order valence-corrected chi connectivity index (χ2v) is 5.53. The Morgan fingerprint density at radius 3 is 2.47 bits per heavy atom. The summed E-state index contributed by atoms with van der Waals surface area (Å²) in [5, 5.41) is 11.2. The number of hydrogen-bond donors (Lipinski definition) is 0. The lowest BCUT2D eigenvalue weighted by Crippen LogP contribution is -1.95. The second kappa shape index (κ2) is 6.08. The second-order valence-electron chi connectivity index (χ2n) is 3.60. The van der Waals surface area contributed by atoms with E-state index in [-0.39, 0.29) is 11.4 Å². The van der Waals surface area contributed by atoms with Gasteiger partial charge in [0.1, 0.15) is 0 Å². The van der Waals surface area contributed by atoms with Crippen LogP contribution in [0.4, 0.5) is 5.69 Å². The summed E-state index contributed by atoms with van der Waals surface area (Å²) in [5.41, 5.74) is -0.00856. The number of rotatable bonds is 4. The molecule has 0 saturated heterocycles. The summed E-state index contributed by atoms with van der Waals surface area (Å²) in [6.45, 7) is 0. The lowest BCUT2D eigenvalue weighted by Gasteiger charge is -2.07. The minimum absolute atomic E-state index is 0.00856. The molecule has 6 heteroatoms. The molecule has 0 atom stereocenters. The third-order valence-electron chi connectivity index (χ3n) is 2.42. The summed E-state index contributed by atoms with van der Waals surface area (Å²) >= 11 is 4.76. The fraction of sp³-hybridized carbons (Fsp3) is 0.0769. The van der Waals surface area contributed by atoms with Crippen molar-refractivity contribution in [1.29, 1.82) is 0 Å². The molecule has 2 aromatic rings. The van der Waals surface area contributed by atoms with Crippen LogP contribution in [0.15, 0.2) is 56.7 Å². The molecule has 0 heterocycles. The first-order valence-corrected chi connectivity index (χ1v) is 6.98. The summed E-state index contributed by atoms with van der Waals surface area (Å²) in [5.74, 6) is 0.266. The van der Waals surface area contributed by atoms with Crippen LogP contribution in [0.1, 0.15) is 0 Å². The quantitative estimate of drug-likeness (QED) is 0.607. The average molecular weight is 340 g/mol. The standard InChI is InChI=1S/C13H10BrNO3S/c1-18-10-6-4-8-12(13(10)15(16)17)19-11-7-3-2-5-9(11)14/h2-8H,1H3. The molecule has 0 amide bonds. The van der Waals surface area contributed by atoms with Crippen molar-refractivity contribution in [1.82, 2.24) is 0 Å². The van der Waals surface area contributed by atoms with Gasteiger partial charge < -0.3 is 4.74 Å². The highest BCUT2D eigenvalue weighted by Crippen LogP contribution is 2.42. The van der Waals surface area contributed by atoms with Crippen molar-refractivity contribution in [2.24, 2.45) is 0 Å². The zero-order valence-electron chi connectivity index (χ0n) is 10.00. The van der Waals surface area contributed by atoms with E-state index in [1.54, 1.807) is 18.2 Å². The van der Waals surface area contributed by atoms with E-state index in [4.69, 9.17) is 4.74 Å². The van der Waals surface area contributed by atoms with E-state index >= 15 is 0 Å². The third-order valence-corrected chi connectivity index (χ3v) is 4.50. The molecule has 98 valence electrons. The van der Waals surface area contributed by atoms with E-state index in [0.717, 1.165) is 9.37 Å². The molecule has 0 aromatic heterocycles. The number of benzene rings is 2. The first-order valence-electron chi connectivity index (χ1n) is 5.37. The van der Waals surface area contributed by atoms with Crippen LogP contribution >= 0.6 is 27.7 Å². The van der Waals surface area contributed by atoms with Gasteiger partial charge in [-0.1, -0.05) is 30.0 Å². The average Bonchev–Trinajstić information content (AvgIpc) is 2.40. The van der Waals surface area contributed by atoms with E-state index < -0.39 is 4.92 Å². The molecule has 0 bridgehead atoms. The lowest BCUT2D eigenvalue weighted by molar-refractivity contribution is -0.388. The minimum Gasteiger partial charge on any atom is -0.490 e. The van der Waals surface area contributed by atoms with Gasteiger partial charge in [0, 0.05) is 9.37 Å². The molecule has 0 fully saturated rings. The Hall–Kier alpha value is -1.53. The Morgan fingerprint density at radius 1 is 1.16 bits per heavy atom. The molecule has 0 N–H and O–H groups in total. The van der Waals surface area contributed by atoms with Crippen LogP contribution in [-0.2, 0) is 0 Å². The van der Waals surface area contributed by atoms with Gasteiger partial charge in [-0.3, -0.25) is 10.1 Å². The van der Waals surface area contributed by atoms with Gasteiger partial charge >= 0.3 is 5.69 Å². The SMILES string of the molecule is COc1cccc(Sc2ccccc2Br)c1[N+](=O)[O-]. The van der Waals surface area contributed by atoms with Gasteiger partial charge in [-0.15, -0.1) is 0 Å². The molecule has 0 aliphatic carbocycles. The number of nitrogens with zero attached hydrogens (tertiary/aromatic N) is 1. The number of nitro benzene ring substituents is 1. The van der Waals surface area contributed by atoms with Gasteiger partial charge in [0.2, 0.25) is 0 Å². The number of nitro groups is 1. The zero-order chi connectivity index (χ0) is 13.8. The van der Waals surface area contributed by atoms with Gasteiger partial charge in [0.05, 0.1) is 16.9 Å². The smallest absolute Gasteiger partial charge is 0.324 e. The Balaban J connectivity index is 2.46. The number of halogens is 1. The topological polar surface area (TPSA) is 52.4 Å². The predicted molar refractivity (Wildman–Crippen MR) is 77.9 cm³/mol. The van der Waals surface area contributed by atoms with Crippen LogP contribution in [0.5, 0.6) is 5.75 Å². The Labute approximate surface area is 123 Å². The summed E-state index contributed by atoms with van der Waals surface area (Å²) < 4.78 is 5.95. The zero-order valence-corrected chi connectivity index (χ0v) is 12.4. The van der Waals surface area contributed by atoms with Gasteiger partial charge in [0.25, 0.3) is 0 Å². The minimum atomic E-state index is -0.419. The maximum Gasteiger partial charge on any atom is 0.324 e. The lowest BCUT2D eigenvalue weighted by atomic mass is 10.3. The molecule has 0 saturated carbocycles. The summed E-state index contributed by atoms with van der Waals surface area (Å²) in [6.07, 6.45) is 0. The molecular formula is C13H10BrNO3S. The fourth-order valence-corrected chi connectivity index (χ4v) is 3.07. The Bertz CT molecular complexity index is 619. The van der Waals surface area contributed by atoms with E-state index in [1.165, 1.54) is 18.9 Å². The monoisotopic (exact) mass is 339 g/mol. The first kappa shape index (κ1) is 13.9. The number of para-hydroxylation sites is 1. The predicted octanol–water partition coefficient (Wildman–Crippen LogP) is 4.52. The maximum atomic E-state index is 11.2.